The fourth-order valence-electron chi connectivity index (χ4n) is 2.57. The van der Waals surface area contributed by atoms with Crippen molar-refractivity contribution < 1.29 is 9.59 Å². The number of hydrogen-bond donors (Lipinski definition) is 2. The number of aryl methyl sites for hydroxylation is 2. The number of benzene rings is 1. The van der Waals surface area contributed by atoms with Gasteiger partial charge in [-0.05, 0) is 37.3 Å². The zero-order valence-electron chi connectivity index (χ0n) is 13.0. The fourth-order valence-corrected chi connectivity index (χ4v) is 2.57. The van der Waals surface area contributed by atoms with Gasteiger partial charge in [0.05, 0.1) is 11.8 Å². The number of anilines is 1. The summed E-state index contributed by atoms with van der Waals surface area (Å²) < 4.78 is 0. The molecule has 1 fully saturated rings. The Morgan fingerprint density at radius 1 is 1.19 bits per heavy atom. The van der Waals surface area contributed by atoms with Crippen molar-refractivity contribution in [2.75, 3.05) is 11.9 Å². The van der Waals surface area contributed by atoms with Crippen molar-refractivity contribution in [2.45, 2.75) is 40.0 Å². The first kappa shape index (κ1) is 15.5. The van der Waals surface area contributed by atoms with Gasteiger partial charge in [0.25, 0.3) is 0 Å². The molecule has 2 rings (SSSR count). The third kappa shape index (κ3) is 3.63. The second-order valence-electron chi connectivity index (χ2n) is 5.69. The Morgan fingerprint density at radius 3 is 2.57 bits per heavy atom. The van der Waals surface area contributed by atoms with Gasteiger partial charge in [0, 0.05) is 12.2 Å². The maximum atomic E-state index is 12.3. The lowest BCUT2D eigenvalue weighted by Gasteiger charge is -2.13. The summed E-state index contributed by atoms with van der Waals surface area (Å²) in [6, 6.07) is 6.02. The molecule has 0 bridgehead atoms. The van der Waals surface area contributed by atoms with Gasteiger partial charge in [-0.3, -0.25) is 9.59 Å². The van der Waals surface area contributed by atoms with E-state index < -0.39 is 0 Å². The highest BCUT2D eigenvalue weighted by molar-refractivity contribution is 6.00. The molecule has 0 radical (unpaired) electrons. The molecular weight excluding hydrogens is 264 g/mol. The first-order chi connectivity index (χ1) is 10.1. The average Bonchev–Trinajstić information content (AvgIpc) is 3.27. The summed E-state index contributed by atoms with van der Waals surface area (Å²) in [5.41, 5.74) is 3.11. The molecule has 2 N–H and O–H groups in total. The molecule has 1 aliphatic carbocycles. The second kappa shape index (κ2) is 6.74. The van der Waals surface area contributed by atoms with Crippen LogP contribution in [0.25, 0.3) is 0 Å². The zero-order chi connectivity index (χ0) is 15.4. The van der Waals surface area contributed by atoms with Crippen LogP contribution in [-0.4, -0.2) is 18.4 Å². The lowest BCUT2D eigenvalue weighted by molar-refractivity contribution is -0.125. The first-order valence-corrected chi connectivity index (χ1v) is 7.75. The molecular formula is C17H24N2O2. The van der Waals surface area contributed by atoms with E-state index in [4.69, 9.17) is 0 Å². The van der Waals surface area contributed by atoms with Gasteiger partial charge in [-0.1, -0.05) is 32.0 Å². The normalized spacial score (nSPS) is 20.0. The summed E-state index contributed by atoms with van der Waals surface area (Å²) in [6.45, 7) is 6.76. The summed E-state index contributed by atoms with van der Waals surface area (Å²) in [7, 11) is 0. The van der Waals surface area contributed by atoms with Gasteiger partial charge in [0.2, 0.25) is 11.8 Å². The first-order valence-electron chi connectivity index (χ1n) is 7.75. The van der Waals surface area contributed by atoms with E-state index in [1.54, 1.807) is 0 Å². The van der Waals surface area contributed by atoms with Crippen LogP contribution in [0.1, 0.15) is 37.8 Å². The number of nitrogens with one attached hydrogen (secondary N) is 2. The van der Waals surface area contributed by atoms with Crippen molar-refractivity contribution >= 4 is 17.5 Å². The van der Waals surface area contributed by atoms with E-state index in [0.29, 0.717) is 13.0 Å². The number of rotatable bonds is 6. The van der Waals surface area contributed by atoms with Crippen LogP contribution in [0.15, 0.2) is 18.2 Å². The average molecular weight is 288 g/mol. The number of hydrogen-bond acceptors (Lipinski definition) is 2. The predicted octanol–water partition coefficient (Wildman–Crippen LogP) is 2.66. The van der Waals surface area contributed by atoms with Crippen LogP contribution >= 0.6 is 0 Å². The Labute approximate surface area is 126 Å². The molecule has 4 heteroatoms. The Hall–Kier alpha value is -1.84. The van der Waals surface area contributed by atoms with Crippen molar-refractivity contribution in [3.05, 3.63) is 29.3 Å². The number of carbonyl (C=O) groups excluding carboxylic acids is 2. The minimum Gasteiger partial charge on any atom is -0.356 e. The molecule has 2 unspecified atom stereocenters. The van der Waals surface area contributed by atoms with Gasteiger partial charge < -0.3 is 10.6 Å². The monoisotopic (exact) mass is 288 g/mol. The lowest BCUT2D eigenvalue weighted by atomic mass is 10.1. The molecule has 1 aromatic rings. The predicted molar refractivity (Wildman–Crippen MR) is 84.1 cm³/mol. The SMILES string of the molecule is CCCNC(=O)C1CC1C(=O)Nc1c(C)cccc1CC. The minimum atomic E-state index is -0.175. The van der Waals surface area contributed by atoms with Crippen molar-refractivity contribution in [1.82, 2.24) is 5.32 Å². The van der Waals surface area contributed by atoms with E-state index in [1.807, 2.05) is 32.0 Å². The van der Waals surface area contributed by atoms with E-state index in [2.05, 4.69) is 17.6 Å². The van der Waals surface area contributed by atoms with E-state index in [-0.39, 0.29) is 23.7 Å². The van der Waals surface area contributed by atoms with Crippen LogP contribution in [0.2, 0.25) is 0 Å². The molecule has 0 heterocycles. The zero-order valence-corrected chi connectivity index (χ0v) is 13.0. The molecule has 0 aliphatic heterocycles. The standard InChI is InChI=1S/C17H24N2O2/c1-4-9-18-16(20)13-10-14(13)17(21)19-15-11(3)7-6-8-12(15)5-2/h6-8,13-14H,4-5,9-10H2,1-3H3,(H,18,20)(H,19,21). The Morgan fingerprint density at radius 2 is 1.90 bits per heavy atom. The Balaban J connectivity index is 1.96. The van der Waals surface area contributed by atoms with E-state index in [1.165, 1.54) is 0 Å². The van der Waals surface area contributed by atoms with Gasteiger partial charge in [0.15, 0.2) is 0 Å². The van der Waals surface area contributed by atoms with E-state index in [9.17, 15) is 9.59 Å². The van der Waals surface area contributed by atoms with Gasteiger partial charge in [-0.25, -0.2) is 0 Å². The van der Waals surface area contributed by atoms with Gasteiger partial charge in [-0.2, -0.15) is 0 Å². The summed E-state index contributed by atoms with van der Waals surface area (Å²) >= 11 is 0. The molecule has 114 valence electrons. The van der Waals surface area contributed by atoms with Crippen LogP contribution in [0, 0.1) is 18.8 Å². The van der Waals surface area contributed by atoms with Gasteiger partial charge >= 0.3 is 0 Å². The molecule has 2 amide bonds. The van der Waals surface area contributed by atoms with Crippen LogP contribution in [0.4, 0.5) is 5.69 Å². The molecule has 2 atom stereocenters. The third-order valence-electron chi connectivity index (χ3n) is 4.00. The fraction of sp³-hybridized carbons (Fsp3) is 0.529. The summed E-state index contributed by atoms with van der Waals surface area (Å²) in [4.78, 5) is 24.1. The van der Waals surface area contributed by atoms with Crippen LogP contribution < -0.4 is 10.6 Å². The smallest absolute Gasteiger partial charge is 0.228 e. The number of carbonyl (C=O) groups is 2. The molecule has 0 aromatic heterocycles. The maximum Gasteiger partial charge on any atom is 0.228 e. The van der Waals surface area contributed by atoms with Crippen LogP contribution in [0.3, 0.4) is 0 Å². The van der Waals surface area contributed by atoms with Crippen LogP contribution in [-0.2, 0) is 16.0 Å². The topological polar surface area (TPSA) is 58.2 Å². The molecule has 4 nitrogen and oxygen atoms in total. The highest BCUT2D eigenvalue weighted by Crippen LogP contribution is 2.40. The number of para-hydroxylation sites is 1. The molecule has 0 saturated heterocycles. The molecule has 21 heavy (non-hydrogen) atoms. The van der Waals surface area contributed by atoms with Gasteiger partial charge in [0.1, 0.15) is 0 Å². The molecule has 1 aliphatic rings. The van der Waals surface area contributed by atoms with Crippen molar-refractivity contribution in [3.8, 4) is 0 Å². The highest BCUT2D eigenvalue weighted by Gasteiger charge is 2.47. The van der Waals surface area contributed by atoms with E-state index >= 15 is 0 Å². The molecule has 1 aromatic carbocycles. The third-order valence-corrected chi connectivity index (χ3v) is 4.00. The molecule has 1 saturated carbocycles. The maximum absolute atomic E-state index is 12.3. The summed E-state index contributed by atoms with van der Waals surface area (Å²) in [6.07, 6.45) is 2.45. The lowest BCUT2D eigenvalue weighted by Crippen LogP contribution is -2.28. The molecule has 0 spiro atoms. The largest absolute Gasteiger partial charge is 0.356 e. The van der Waals surface area contributed by atoms with Crippen molar-refractivity contribution in [3.63, 3.8) is 0 Å². The summed E-state index contributed by atoms with van der Waals surface area (Å²) in [5, 5.41) is 5.87. The minimum absolute atomic E-state index is 0.0116. The second-order valence-corrected chi connectivity index (χ2v) is 5.69. The van der Waals surface area contributed by atoms with Crippen molar-refractivity contribution in [2.24, 2.45) is 11.8 Å². The Bertz CT molecular complexity index is 540. The Kier molecular flexibility index (Phi) is 4.99. The van der Waals surface area contributed by atoms with Crippen LogP contribution in [0.5, 0.6) is 0 Å². The number of amides is 2. The van der Waals surface area contributed by atoms with Gasteiger partial charge in [-0.15, -0.1) is 0 Å². The highest BCUT2D eigenvalue weighted by atomic mass is 16.2. The summed E-state index contributed by atoms with van der Waals surface area (Å²) in [5.74, 6) is -0.343. The quantitative estimate of drug-likeness (QED) is 0.845. The van der Waals surface area contributed by atoms with Crippen molar-refractivity contribution in [1.29, 1.82) is 0 Å². The van der Waals surface area contributed by atoms with E-state index in [0.717, 1.165) is 29.7 Å².